The number of fused-ring (bicyclic) bond motifs is 1. The maximum absolute atomic E-state index is 12.6. The number of likely N-dealkylation sites (tertiary alicyclic amines) is 1. The van der Waals surface area contributed by atoms with Gasteiger partial charge in [-0.3, -0.25) is 19.5 Å². The zero-order chi connectivity index (χ0) is 20.2. The molecule has 0 bridgehead atoms. The molecule has 2 fully saturated rings. The van der Waals surface area contributed by atoms with Gasteiger partial charge in [-0.2, -0.15) is 0 Å². The molecule has 0 unspecified atom stereocenters. The van der Waals surface area contributed by atoms with Crippen molar-refractivity contribution < 1.29 is 9.59 Å². The SMILES string of the molecule is CC(=O)NC[C@H]1CC[C@@H](CC(=O)NCc2ccc3ccccc3n2)N1CC1CC1. The molecule has 154 valence electrons. The van der Waals surface area contributed by atoms with Crippen LogP contribution >= 0.6 is 0 Å². The highest BCUT2D eigenvalue weighted by molar-refractivity contribution is 5.79. The summed E-state index contributed by atoms with van der Waals surface area (Å²) >= 11 is 0. The summed E-state index contributed by atoms with van der Waals surface area (Å²) in [6.07, 6.45) is 5.14. The highest BCUT2D eigenvalue weighted by atomic mass is 16.2. The number of aromatic nitrogens is 1. The summed E-state index contributed by atoms with van der Waals surface area (Å²) in [5.74, 6) is 0.853. The molecule has 2 aliphatic rings. The zero-order valence-electron chi connectivity index (χ0n) is 17.1. The Morgan fingerprint density at radius 3 is 2.62 bits per heavy atom. The topological polar surface area (TPSA) is 74.3 Å². The maximum Gasteiger partial charge on any atom is 0.221 e. The summed E-state index contributed by atoms with van der Waals surface area (Å²) in [4.78, 5) is 31.0. The smallest absolute Gasteiger partial charge is 0.221 e. The molecular formula is C23H30N4O2. The lowest BCUT2D eigenvalue weighted by Gasteiger charge is -2.30. The Morgan fingerprint density at radius 2 is 1.83 bits per heavy atom. The Morgan fingerprint density at radius 1 is 1.03 bits per heavy atom. The summed E-state index contributed by atoms with van der Waals surface area (Å²) in [6.45, 7) is 3.75. The van der Waals surface area contributed by atoms with Crippen molar-refractivity contribution in [1.29, 1.82) is 0 Å². The van der Waals surface area contributed by atoms with Crippen molar-refractivity contribution in [2.45, 2.75) is 57.7 Å². The van der Waals surface area contributed by atoms with Crippen molar-refractivity contribution in [1.82, 2.24) is 20.5 Å². The van der Waals surface area contributed by atoms with Crippen LogP contribution in [0.4, 0.5) is 0 Å². The van der Waals surface area contributed by atoms with Crippen molar-refractivity contribution in [2.24, 2.45) is 5.92 Å². The number of hydrogen-bond donors (Lipinski definition) is 2. The van der Waals surface area contributed by atoms with Gasteiger partial charge in [-0.15, -0.1) is 0 Å². The standard InChI is InChI=1S/C23H30N4O2/c1-16(28)24-14-21-11-10-20(27(21)15-17-6-7-17)12-23(29)25-13-19-9-8-18-4-2-3-5-22(18)26-19/h2-5,8-9,17,20-21H,6-7,10-15H2,1H3,(H,24,28)(H,25,29)/t20-,21+/m0/s1. The summed E-state index contributed by atoms with van der Waals surface area (Å²) in [5, 5.41) is 7.11. The molecule has 0 spiro atoms. The van der Waals surface area contributed by atoms with Gasteiger partial charge in [0.1, 0.15) is 0 Å². The Hall–Kier alpha value is -2.47. The van der Waals surface area contributed by atoms with Gasteiger partial charge in [0.25, 0.3) is 0 Å². The predicted octanol–water partition coefficient (Wildman–Crippen LogP) is 2.62. The molecule has 2 amide bonds. The van der Waals surface area contributed by atoms with Crippen LogP contribution in [-0.2, 0) is 16.1 Å². The quantitative estimate of drug-likeness (QED) is 0.722. The Balaban J connectivity index is 1.31. The molecule has 1 aromatic heterocycles. The fourth-order valence-corrected chi connectivity index (χ4v) is 4.29. The van der Waals surface area contributed by atoms with Gasteiger partial charge in [0.2, 0.25) is 11.8 Å². The van der Waals surface area contributed by atoms with Gasteiger partial charge in [-0.25, -0.2) is 0 Å². The average molecular weight is 395 g/mol. The number of rotatable bonds is 8. The fraction of sp³-hybridized carbons (Fsp3) is 0.522. The van der Waals surface area contributed by atoms with E-state index in [9.17, 15) is 9.59 Å². The number of nitrogens with zero attached hydrogens (tertiary/aromatic N) is 2. The molecule has 2 N–H and O–H groups in total. The van der Waals surface area contributed by atoms with E-state index in [2.05, 4.69) is 20.5 Å². The molecule has 2 heterocycles. The number of amides is 2. The third-order valence-corrected chi connectivity index (χ3v) is 6.07. The van der Waals surface area contributed by atoms with E-state index in [1.165, 1.54) is 12.8 Å². The van der Waals surface area contributed by atoms with Gasteiger partial charge in [0.05, 0.1) is 17.8 Å². The fourth-order valence-electron chi connectivity index (χ4n) is 4.29. The minimum Gasteiger partial charge on any atom is -0.355 e. The normalized spacial score (nSPS) is 22.0. The molecule has 1 aromatic carbocycles. The van der Waals surface area contributed by atoms with Crippen LogP contribution in [-0.4, -0.2) is 46.9 Å². The number of nitrogens with one attached hydrogen (secondary N) is 2. The predicted molar refractivity (Wildman–Crippen MR) is 113 cm³/mol. The van der Waals surface area contributed by atoms with Crippen molar-refractivity contribution >= 4 is 22.7 Å². The van der Waals surface area contributed by atoms with Crippen molar-refractivity contribution in [3.63, 3.8) is 0 Å². The minimum atomic E-state index is 0.0143. The largest absolute Gasteiger partial charge is 0.355 e. The Kier molecular flexibility index (Phi) is 6.09. The number of pyridine rings is 1. The van der Waals surface area contributed by atoms with E-state index in [1.54, 1.807) is 6.92 Å². The third kappa shape index (κ3) is 5.32. The second-order valence-corrected chi connectivity index (χ2v) is 8.44. The second-order valence-electron chi connectivity index (χ2n) is 8.44. The van der Waals surface area contributed by atoms with Crippen LogP contribution in [0.1, 0.15) is 44.7 Å². The maximum atomic E-state index is 12.6. The van der Waals surface area contributed by atoms with Crippen LogP contribution in [0.2, 0.25) is 0 Å². The molecule has 1 saturated heterocycles. The van der Waals surface area contributed by atoms with Gasteiger partial charge in [-0.1, -0.05) is 24.3 Å². The lowest BCUT2D eigenvalue weighted by Crippen LogP contribution is -2.45. The molecule has 2 atom stereocenters. The van der Waals surface area contributed by atoms with Gasteiger partial charge >= 0.3 is 0 Å². The molecular weight excluding hydrogens is 364 g/mol. The van der Waals surface area contributed by atoms with Crippen LogP contribution < -0.4 is 10.6 Å². The van der Waals surface area contributed by atoms with Crippen LogP contribution in [0.25, 0.3) is 10.9 Å². The lowest BCUT2D eigenvalue weighted by molar-refractivity contribution is -0.123. The summed E-state index contributed by atoms with van der Waals surface area (Å²) in [6, 6.07) is 12.6. The number of carbonyl (C=O) groups excluding carboxylic acids is 2. The van der Waals surface area contributed by atoms with Gasteiger partial charge < -0.3 is 10.6 Å². The van der Waals surface area contributed by atoms with Gasteiger partial charge in [0, 0.05) is 43.9 Å². The monoisotopic (exact) mass is 394 g/mol. The van der Waals surface area contributed by atoms with Crippen LogP contribution in [0.5, 0.6) is 0 Å². The third-order valence-electron chi connectivity index (χ3n) is 6.07. The first kappa shape index (κ1) is 19.8. The lowest BCUT2D eigenvalue weighted by atomic mass is 10.1. The Labute approximate surface area is 172 Å². The molecule has 0 radical (unpaired) electrons. The highest BCUT2D eigenvalue weighted by Crippen LogP contribution is 2.35. The minimum absolute atomic E-state index is 0.0143. The first-order valence-corrected chi connectivity index (χ1v) is 10.7. The van der Waals surface area contributed by atoms with Crippen molar-refractivity contribution in [3.8, 4) is 0 Å². The van der Waals surface area contributed by atoms with E-state index in [0.717, 1.165) is 41.9 Å². The van der Waals surface area contributed by atoms with Crippen LogP contribution in [0.15, 0.2) is 36.4 Å². The summed E-state index contributed by atoms with van der Waals surface area (Å²) < 4.78 is 0. The molecule has 1 saturated carbocycles. The van der Waals surface area contributed by atoms with Crippen molar-refractivity contribution in [3.05, 3.63) is 42.1 Å². The summed E-state index contributed by atoms with van der Waals surface area (Å²) in [5.41, 5.74) is 1.83. The van der Waals surface area contributed by atoms with Gasteiger partial charge in [-0.05, 0) is 43.7 Å². The van der Waals surface area contributed by atoms with Crippen LogP contribution in [0.3, 0.4) is 0 Å². The molecule has 1 aliphatic carbocycles. The first-order valence-electron chi connectivity index (χ1n) is 10.7. The van der Waals surface area contributed by atoms with E-state index in [1.807, 2.05) is 36.4 Å². The van der Waals surface area contributed by atoms with E-state index < -0.39 is 0 Å². The average Bonchev–Trinajstić information content (AvgIpc) is 3.46. The molecule has 6 nitrogen and oxygen atoms in total. The molecule has 29 heavy (non-hydrogen) atoms. The number of carbonyl (C=O) groups is 2. The molecule has 4 rings (SSSR count). The van der Waals surface area contributed by atoms with Crippen molar-refractivity contribution in [2.75, 3.05) is 13.1 Å². The van der Waals surface area contributed by atoms with E-state index in [-0.39, 0.29) is 17.9 Å². The van der Waals surface area contributed by atoms with E-state index >= 15 is 0 Å². The van der Waals surface area contributed by atoms with Crippen LogP contribution in [0, 0.1) is 5.92 Å². The number of para-hydroxylation sites is 1. The zero-order valence-corrected chi connectivity index (χ0v) is 17.1. The molecule has 1 aliphatic heterocycles. The highest BCUT2D eigenvalue weighted by Gasteiger charge is 2.37. The second kappa shape index (κ2) is 8.91. The molecule has 6 heteroatoms. The van der Waals surface area contributed by atoms with Gasteiger partial charge in [0.15, 0.2) is 0 Å². The number of benzene rings is 1. The molecule has 2 aromatic rings. The first-order chi connectivity index (χ1) is 14.1. The summed E-state index contributed by atoms with van der Waals surface area (Å²) in [7, 11) is 0. The Bertz CT molecular complexity index is 880. The van der Waals surface area contributed by atoms with E-state index in [0.29, 0.717) is 25.6 Å². The number of hydrogen-bond acceptors (Lipinski definition) is 4. The van der Waals surface area contributed by atoms with E-state index in [4.69, 9.17) is 0 Å².